The smallest absolute Gasteiger partial charge is 0.244 e. The Morgan fingerprint density at radius 3 is 2.76 bits per heavy atom. The minimum atomic E-state index is -0.188. The second-order valence-electron chi connectivity index (χ2n) is 8.50. The molecule has 4 heterocycles. The molecule has 0 aliphatic carbocycles. The average Bonchev–Trinajstić information content (AvgIpc) is 3.55. The number of benzene rings is 1. The molecule has 1 atom stereocenters. The maximum absolute atomic E-state index is 13.1. The van der Waals surface area contributed by atoms with Gasteiger partial charge in [0.25, 0.3) is 0 Å². The number of thiophene rings is 1. The monoisotopic (exact) mass is 480 g/mol. The number of likely N-dealkylation sites (N-methyl/N-ethyl adjacent to an activating group) is 1. The fraction of sp³-hybridized carbons (Fsp3) is 0.375. The summed E-state index contributed by atoms with van der Waals surface area (Å²) >= 11 is 1.58. The van der Waals surface area contributed by atoms with E-state index in [4.69, 9.17) is 4.74 Å². The van der Waals surface area contributed by atoms with Crippen molar-refractivity contribution < 1.29 is 14.3 Å². The Kier molecular flexibility index (Phi) is 6.11. The van der Waals surface area contributed by atoms with Crippen molar-refractivity contribution in [3.05, 3.63) is 30.3 Å². The summed E-state index contributed by atoms with van der Waals surface area (Å²) in [5, 5.41) is 12.3. The van der Waals surface area contributed by atoms with E-state index in [9.17, 15) is 9.59 Å². The first kappa shape index (κ1) is 22.6. The number of hydrogen-bond donors (Lipinski definition) is 3. The molecule has 34 heavy (non-hydrogen) atoms. The van der Waals surface area contributed by atoms with Crippen LogP contribution in [0.5, 0.6) is 0 Å². The van der Waals surface area contributed by atoms with Crippen molar-refractivity contribution in [3.8, 4) is 11.4 Å². The first-order valence-electron chi connectivity index (χ1n) is 11.4. The van der Waals surface area contributed by atoms with Gasteiger partial charge >= 0.3 is 0 Å². The molecule has 9 nitrogen and oxygen atoms in total. The molecule has 1 aromatic carbocycles. The van der Waals surface area contributed by atoms with Crippen LogP contribution in [-0.2, 0) is 14.3 Å². The number of aromatic nitrogens is 3. The van der Waals surface area contributed by atoms with Gasteiger partial charge in [0.05, 0.1) is 40.7 Å². The zero-order valence-corrected chi connectivity index (χ0v) is 20.3. The van der Waals surface area contributed by atoms with E-state index in [2.05, 4.69) is 31.5 Å². The van der Waals surface area contributed by atoms with Crippen LogP contribution in [0.25, 0.3) is 32.5 Å². The van der Waals surface area contributed by atoms with Crippen molar-refractivity contribution in [1.29, 1.82) is 0 Å². The number of carbonyl (C=O) groups is 2. The zero-order valence-electron chi connectivity index (χ0n) is 19.5. The third-order valence-corrected chi connectivity index (χ3v) is 7.49. The number of ether oxygens (including phenoxy) is 1. The summed E-state index contributed by atoms with van der Waals surface area (Å²) in [6.45, 7) is 6.68. The van der Waals surface area contributed by atoms with Crippen LogP contribution in [0, 0.1) is 0 Å². The number of amides is 2. The third-order valence-electron chi connectivity index (χ3n) is 6.33. The number of nitrogens with one attached hydrogen (secondary N) is 3. The number of H-pyrrole nitrogens is 2. The highest BCUT2D eigenvalue weighted by atomic mass is 32.1. The molecule has 1 aliphatic rings. The molecule has 1 aliphatic heterocycles. The highest BCUT2D eigenvalue weighted by Crippen LogP contribution is 2.36. The Balaban J connectivity index is 1.36. The molecule has 4 aromatic rings. The molecule has 178 valence electrons. The lowest BCUT2D eigenvalue weighted by Crippen LogP contribution is -2.50. The van der Waals surface area contributed by atoms with Crippen molar-refractivity contribution in [2.24, 2.45) is 0 Å². The summed E-state index contributed by atoms with van der Waals surface area (Å²) in [6, 6.07) is 9.62. The number of nitrogens with zero attached hydrogens (tertiary/aromatic N) is 3. The summed E-state index contributed by atoms with van der Waals surface area (Å²) in [5.41, 5.74) is 4.28. The SMILES string of the molecule is CCC(=O)Nc1ccc2c(-c3cc4sc(N(C)C(=O)[C@H](C)N5CCOCC5)cc4[nH]3)n[nH]c2c1. The average molecular weight is 481 g/mol. The second kappa shape index (κ2) is 9.21. The zero-order chi connectivity index (χ0) is 23.8. The van der Waals surface area contributed by atoms with Gasteiger partial charge in [-0.3, -0.25) is 19.6 Å². The largest absolute Gasteiger partial charge is 0.379 e. The fourth-order valence-corrected chi connectivity index (χ4v) is 5.29. The van der Waals surface area contributed by atoms with Gasteiger partial charge in [-0.1, -0.05) is 6.92 Å². The van der Waals surface area contributed by atoms with E-state index in [0.29, 0.717) is 19.6 Å². The predicted octanol–water partition coefficient (Wildman–Crippen LogP) is 3.80. The van der Waals surface area contributed by atoms with Crippen LogP contribution in [0.2, 0.25) is 0 Å². The molecule has 10 heteroatoms. The molecule has 5 rings (SSSR count). The molecule has 1 saturated heterocycles. The predicted molar refractivity (Wildman–Crippen MR) is 135 cm³/mol. The Hall–Kier alpha value is -3.21. The number of fused-ring (bicyclic) bond motifs is 2. The Labute approximate surface area is 201 Å². The van der Waals surface area contributed by atoms with Crippen LogP contribution < -0.4 is 10.2 Å². The van der Waals surface area contributed by atoms with Crippen molar-refractivity contribution >= 4 is 55.0 Å². The third kappa shape index (κ3) is 4.20. The topological polar surface area (TPSA) is 106 Å². The van der Waals surface area contributed by atoms with Gasteiger partial charge in [0.1, 0.15) is 10.7 Å². The second-order valence-corrected chi connectivity index (χ2v) is 9.56. The van der Waals surface area contributed by atoms with E-state index in [1.807, 2.05) is 45.2 Å². The lowest BCUT2D eigenvalue weighted by molar-refractivity contribution is -0.124. The van der Waals surface area contributed by atoms with E-state index >= 15 is 0 Å². The Bertz CT molecular complexity index is 1320. The number of aromatic amines is 2. The molecule has 0 radical (unpaired) electrons. The number of morpholine rings is 1. The summed E-state index contributed by atoms with van der Waals surface area (Å²) in [5.74, 6) is 0.0533. The lowest BCUT2D eigenvalue weighted by atomic mass is 10.1. The molecule has 0 bridgehead atoms. The van der Waals surface area contributed by atoms with Crippen molar-refractivity contribution in [1.82, 2.24) is 20.1 Å². The summed E-state index contributed by atoms with van der Waals surface area (Å²) in [4.78, 5) is 32.1. The first-order valence-corrected chi connectivity index (χ1v) is 12.3. The van der Waals surface area contributed by atoms with Gasteiger partial charge in [0, 0.05) is 37.6 Å². The molecule has 1 fully saturated rings. The van der Waals surface area contributed by atoms with E-state index < -0.39 is 0 Å². The lowest BCUT2D eigenvalue weighted by Gasteiger charge is -2.33. The van der Waals surface area contributed by atoms with Gasteiger partial charge in [-0.25, -0.2) is 0 Å². The van der Waals surface area contributed by atoms with Crippen LogP contribution in [-0.4, -0.2) is 71.3 Å². The molecule has 3 N–H and O–H groups in total. The van der Waals surface area contributed by atoms with Gasteiger partial charge in [-0.2, -0.15) is 5.10 Å². The van der Waals surface area contributed by atoms with Crippen LogP contribution in [0.15, 0.2) is 30.3 Å². The van der Waals surface area contributed by atoms with Crippen molar-refractivity contribution in [2.75, 3.05) is 43.6 Å². The van der Waals surface area contributed by atoms with Gasteiger partial charge in [-0.15, -0.1) is 11.3 Å². The van der Waals surface area contributed by atoms with Gasteiger partial charge in [0.2, 0.25) is 11.8 Å². The first-order chi connectivity index (χ1) is 16.4. The molecule has 3 aromatic heterocycles. The molecule has 2 amide bonds. The highest BCUT2D eigenvalue weighted by Gasteiger charge is 2.27. The van der Waals surface area contributed by atoms with Crippen LogP contribution in [0.4, 0.5) is 10.7 Å². The van der Waals surface area contributed by atoms with E-state index in [1.165, 1.54) is 0 Å². The number of hydrogen-bond acceptors (Lipinski definition) is 6. The maximum atomic E-state index is 13.1. The summed E-state index contributed by atoms with van der Waals surface area (Å²) in [6.07, 6.45) is 0.431. The van der Waals surface area contributed by atoms with Gasteiger partial charge < -0.3 is 19.9 Å². The van der Waals surface area contributed by atoms with Gasteiger partial charge in [0.15, 0.2) is 0 Å². The minimum absolute atomic E-state index is 0.0257. The summed E-state index contributed by atoms with van der Waals surface area (Å²) in [7, 11) is 1.83. The number of carbonyl (C=O) groups excluding carboxylic acids is 2. The maximum Gasteiger partial charge on any atom is 0.244 e. The number of anilines is 2. The summed E-state index contributed by atoms with van der Waals surface area (Å²) < 4.78 is 6.47. The van der Waals surface area contributed by atoms with Crippen LogP contribution >= 0.6 is 11.3 Å². The molecule has 0 spiro atoms. The van der Waals surface area contributed by atoms with E-state index in [-0.39, 0.29) is 17.9 Å². The fourth-order valence-electron chi connectivity index (χ4n) is 4.26. The van der Waals surface area contributed by atoms with Gasteiger partial charge in [-0.05, 0) is 37.3 Å². The normalized spacial score (nSPS) is 15.6. The minimum Gasteiger partial charge on any atom is -0.379 e. The molecular formula is C24H28N6O3S. The van der Waals surface area contributed by atoms with Crippen molar-refractivity contribution in [3.63, 3.8) is 0 Å². The van der Waals surface area contributed by atoms with Crippen molar-refractivity contribution in [2.45, 2.75) is 26.3 Å². The molecule has 0 unspecified atom stereocenters. The Morgan fingerprint density at radius 2 is 2.03 bits per heavy atom. The number of rotatable bonds is 6. The van der Waals surface area contributed by atoms with Crippen LogP contribution in [0.1, 0.15) is 20.3 Å². The quantitative estimate of drug-likeness (QED) is 0.389. The van der Waals surface area contributed by atoms with E-state index in [0.717, 1.165) is 56.3 Å². The van der Waals surface area contributed by atoms with E-state index in [1.54, 1.807) is 16.2 Å². The van der Waals surface area contributed by atoms with Crippen LogP contribution in [0.3, 0.4) is 0 Å². The molecular weight excluding hydrogens is 452 g/mol. The Morgan fingerprint density at radius 1 is 1.24 bits per heavy atom. The standard InChI is InChI=1S/C24H28N6O3S/c1-4-21(31)25-15-5-6-16-17(11-15)27-28-23(16)19-12-20-18(26-19)13-22(34-20)29(3)24(32)14(2)30-7-9-33-10-8-30/h5-6,11-14,26H,4,7-10H2,1-3H3,(H,25,31)(H,27,28)/t14-/m0/s1. The highest BCUT2D eigenvalue weighted by molar-refractivity contribution is 7.23. The molecule has 0 saturated carbocycles.